The molecule has 10 heavy (non-hydrogen) atoms. The molecule has 4 nitrogen and oxygen atoms in total. The van der Waals surface area contributed by atoms with Gasteiger partial charge in [-0.15, -0.1) is 0 Å². The Morgan fingerprint density at radius 2 is 2.30 bits per heavy atom. The number of primary amides is 1. The fourth-order valence-electron chi connectivity index (χ4n) is 0.342. The molecule has 0 rings (SSSR count). The zero-order valence-corrected chi connectivity index (χ0v) is 5.50. The lowest BCUT2D eigenvalue weighted by Gasteiger charge is -1.97. The van der Waals surface area contributed by atoms with Gasteiger partial charge in [0.2, 0.25) is 0 Å². The van der Waals surface area contributed by atoms with Crippen molar-refractivity contribution >= 4 is 12.4 Å². The average molecular weight is 143 g/mol. The summed E-state index contributed by atoms with van der Waals surface area (Å²) >= 11 is 0. The lowest BCUT2D eigenvalue weighted by molar-refractivity contribution is -0.105. The van der Waals surface area contributed by atoms with Crippen LogP contribution in [0.2, 0.25) is 0 Å². The van der Waals surface area contributed by atoms with Gasteiger partial charge in [-0.2, -0.15) is 0 Å². The van der Waals surface area contributed by atoms with E-state index in [1.165, 1.54) is 0 Å². The van der Waals surface area contributed by atoms with Crippen molar-refractivity contribution in [3.05, 3.63) is 12.2 Å². The molecule has 0 aliphatic heterocycles. The molecule has 0 fully saturated rings. The smallest absolute Gasteiger partial charge is 0.404 e. The van der Waals surface area contributed by atoms with Gasteiger partial charge in [0.1, 0.15) is 6.29 Å². The van der Waals surface area contributed by atoms with Crippen molar-refractivity contribution in [3.8, 4) is 0 Å². The maximum Gasteiger partial charge on any atom is 0.404 e. The highest BCUT2D eigenvalue weighted by Gasteiger charge is 1.94. The topological polar surface area (TPSA) is 69.4 Å². The number of amides is 1. The Bertz CT molecular complexity index is 153. The van der Waals surface area contributed by atoms with Crippen LogP contribution >= 0.6 is 0 Å². The highest BCUT2D eigenvalue weighted by molar-refractivity contribution is 5.72. The molecule has 0 spiro atoms. The Labute approximate surface area is 58.7 Å². The predicted octanol–water partition coefficient (Wildman–Crippen LogP) is 0.227. The second kappa shape index (κ2) is 4.55. The minimum atomic E-state index is -0.835. The number of carbonyl (C=O) groups is 2. The van der Waals surface area contributed by atoms with E-state index in [-0.39, 0.29) is 6.61 Å². The minimum Gasteiger partial charge on any atom is -0.449 e. The van der Waals surface area contributed by atoms with Crippen molar-refractivity contribution in [2.24, 2.45) is 5.73 Å². The molecule has 0 saturated heterocycles. The van der Waals surface area contributed by atoms with E-state index in [0.29, 0.717) is 18.3 Å². The van der Waals surface area contributed by atoms with Crippen LogP contribution in [0.1, 0.15) is 6.42 Å². The van der Waals surface area contributed by atoms with Gasteiger partial charge < -0.3 is 10.5 Å². The first-order valence-corrected chi connectivity index (χ1v) is 2.72. The van der Waals surface area contributed by atoms with Crippen molar-refractivity contribution in [2.45, 2.75) is 6.42 Å². The molecule has 1 amide bonds. The summed E-state index contributed by atoms with van der Waals surface area (Å²) in [5.74, 6) is 0. The summed E-state index contributed by atoms with van der Waals surface area (Å²) in [4.78, 5) is 19.9. The maximum atomic E-state index is 9.95. The SMILES string of the molecule is C=C(C=O)CCOC(N)=O. The molecule has 0 saturated carbocycles. The van der Waals surface area contributed by atoms with Gasteiger partial charge in [-0.05, 0) is 5.57 Å². The molecule has 4 heteroatoms. The third kappa shape index (κ3) is 4.83. The summed E-state index contributed by atoms with van der Waals surface area (Å²) < 4.78 is 4.33. The van der Waals surface area contributed by atoms with Gasteiger partial charge in [0.05, 0.1) is 6.61 Å². The number of nitrogens with two attached hydrogens (primary N) is 1. The standard InChI is InChI=1S/C6H9NO3/c1-5(4-8)2-3-10-6(7)9/h4H,1-3H2,(H2,7,9). The second-order valence-electron chi connectivity index (χ2n) is 1.69. The van der Waals surface area contributed by atoms with Crippen LogP contribution in [0.25, 0.3) is 0 Å². The normalized spacial score (nSPS) is 8.40. The van der Waals surface area contributed by atoms with Crippen LogP contribution in [0.5, 0.6) is 0 Å². The Hall–Kier alpha value is -1.32. The summed E-state index contributed by atoms with van der Waals surface area (Å²) in [5, 5.41) is 0. The number of aldehydes is 1. The molecule has 2 N–H and O–H groups in total. The lowest BCUT2D eigenvalue weighted by Crippen LogP contribution is -2.13. The predicted molar refractivity (Wildman–Crippen MR) is 35.4 cm³/mol. The van der Waals surface area contributed by atoms with Crippen LogP contribution < -0.4 is 5.73 Å². The van der Waals surface area contributed by atoms with E-state index in [0.717, 1.165) is 0 Å². The number of hydrogen-bond donors (Lipinski definition) is 1. The molecule has 0 aliphatic rings. The van der Waals surface area contributed by atoms with Gasteiger partial charge in [-0.3, -0.25) is 4.79 Å². The molecular weight excluding hydrogens is 134 g/mol. The van der Waals surface area contributed by atoms with Gasteiger partial charge in [-0.1, -0.05) is 6.58 Å². The molecule has 0 bridgehead atoms. The number of carbonyl (C=O) groups excluding carboxylic acids is 2. The number of ether oxygens (including phenoxy) is 1. The zero-order valence-electron chi connectivity index (χ0n) is 5.50. The third-order valence-corrected chi connectivity index (χ3v) is 0.834. The molecule has 0 atom stereocenters. The first-order valence-electron chi connectivity index (χ1n) is 2.72. The van der Waals surface area contributed by atoms with Crippen molar-refractivity contribution in [1.82, 2.24) is 0 Å². The molecule has 0 aromatic rings. The van der Waals surface area contributed by atoms with E-state index in [1.807, 2.05) is 0 Å². The van der Waals surface area contributed by atoms with E-state index in [4.69, 9.17) is 0 Å². The minimum absolute atomic E-state index is 0.118. The maximum absolute atomic E-state index is 9.95. The molecule has 0 radical (unpaired) electrons. The van der Waals surface area contributed by atoms with Gasteiger partial charge in [0, 0.05) is 6.42 Å². The molecular formula is C6H9NO3. The molecule has 0 aromatic carbocycles. The van der Waals surface area contributed by atoms with Gasteiger partial charge in [-0.25, -0.2) is 4.79 Å². The fourth-order valence-corrected chi connectivity index (χ4v) is 0.342. The Balaban J connectivity index is 3.28. The van der Waals surface area contributed by atoms with Crippen LogP contribution in [-0.4, -0.2) is 19.0 Å². The van der Waals surface area contributed by atoms with Gasteiger partial charge in [0.15, 0.2) is 0 Å². The van der Waals surface area contributed by atoms with Crippen LogP contribution in [0, 0.1) is 0 Å². The monoisotopic (exact) mass is 143 g/mol. The van der Waals surface area contributed by atoms with Gasteiger partial charge in [0.25, 0.3) is 0 Å². The van der Waals surface area contributed by atoms with Crippen LogP contribution in [0.15, 0.2) is 12.2 Å². The second-order valence-corrected chi connectivity index (χ2v) is 1.69. The summed E-state index contributed by atoms with van der Waals surface area (Å²) in [6.45, 7) is 3.49. The van der Waals surface area contributed by atoms with Crippen molar-refractivity contribution in [2.75, 3.05) is 6.61 Å². The summed E-state index contributed by atoms with van der Waals surface area (Å²) in [6.07, 6.45) is 0.121. The highest BCUT2D eigenvalue weighted by Crippen LogP contribution is 1.92. The van der Waals surface area contributed by atoms with Crippen LogP contribution in [-0.2, 0) is 9.53 Å². The van der Waals surface area contributed by atoms with Crippen molar-refractivity contribution in [1.29, 1.82) is 0 Å². The zero-order chi connectivity index (χ0) is 7.98. The van der Waals surface area contributed by atoms with E-state index < -0.39 is 6.09 Å². The Kier molecular flexibility index (Phi) is 3.95. The average Bonchev–Trinajstić information content (AvgIpc) is 1.87. The molecule has 0 heterocycles. The number of hydrogen-bond acceptors (Lipinski definition) is 3. The van der Waals surface area contributed by atoms with E-state index in [2.05, 4.69) is 17.0 Å². The third-order valence-electron chi connectivity index (χ3n) is 0.834. The quantitative estimate of drug-likeness (QED) is 0.452. The molecule has 0 unspecified atom stereocenters. The van der Waals surface area contributed by atoms with E-state index in [9.17, 15) is 9.59 Å². The first-order chi connectivity index (χ1) is 4.66. The lowest BCUT2D eigenvalue weighted by atomic mass is 10.2. The Morgan fingerprint density at radius 1 is 1.70 bits per heavy atom. The van der Waals surface area contributed by atoms with Gasteiger partial charge >= 0.3 is 6.09 Å². The first kappa shape index (κ1) is 8.68. The van der Waals surface area contributed by atoms with Crippen molar-refractivity contribution < 1.29 is 14.3 Å². The van der Waals surface area contributed by atoms with Crippen LogP contribution in [0.4, 0.5) is 4.79 Å². The summed E-state index contributed by atoms with van der Waals surface area (Å²) in [5.41, 5.74) is 5.03. The molecule has 0 aliphatic carbocycles. The summed E-state index contributed by atoms with van der Waals surface area (Å²) in [7, 11) is 0. The summed E-state index contributed by atoms with van der Waals surface area (Å²) in [6, 6.07) is 0. The highest BCUT2D eigenvalue weighted by atomic mass is 16.5. The van der Waals surface area contributed by atoms with Crippen molar-refractivity contribution in [3.63, 3.8) is 0 Å². The molecule has 0 aromatic heterocycles. The van der Waals surface area contributed by atoms with E-state index >= 15 is 0 Å². The van der Waals surface area contributed by atoms with E-state index in [1.54, 1.807) is 0 Å². The number of rotatable bonds is 4. The fraction of sp³-hybridized carbons (Fsp3) is 0.333. The largest absolute Gasteiger partial charge is 0.449 e. The Morgan fingerprint density at radius 3 is 2.70 bits per heavy atom. The van der Waals surface area contributed by atoms with Crippen LogP contribution in [0.3, 0.4) is 0 Å². The molecule has 56 valence electrons.